The van der Waals surface area contributed by atoms with Gasteiger partial charge in [-0.25, -0.2) is 4.79 Å². The molecule has 118 valence electrons. The van der Waals surface area contributed by atoms with Gasteiger partial charge in [0.05, 0.1) is 37.1 Å². The summed E-state index contributed by atoms with van der Waals surface area (Å²) in [6, 6.07) is 11.1. The Kier molecular flexibility index (Phi) is 4.40. The minimum absolute atomic E-state index is 0.0906. The van der Waals surface area contributed by atoms with Gasteiger partial charge in [-0.2, -0.15) is 10.4 Å². The molecule has 6 heteroatoms. The first-order chi connectivity index (χ1) is 11.2. The number of carbonyl (C=O) groups excluding carboxylic acids is 1. The van der Waals surface area contributed by atoms with Crippen molar-refractivity contribution in [2.75, 3.05) is 20.3 Å². The van der Waals surface area contributed by atoms with E-state index in [2.05, 4.69) is 11.2 Å². The number of methoxy groups -OCH3 is 1. The first kappa shape index (κ1) is 15.3. The number of benzene rings is 1. The zero-order chi connectivity index (χ0) is 16.2. The third-order valence-electron chi connectivity index (χ3n) is 3.92. The van der Waals surface area contributed by atoms with Crippen molar-refractivity contribution in [1.82, 2.24) is 9.78 Å². The van der Waals surface area contributed by atoms with Gasteiger partial charge in [0.15, 0.2) is 5.69 Å². The smallest absolute Gasteiger partial charge is 0.358 e. The Hall–Kier alpha value is -2.65. The average Bonchev–Trinajstić information content (AvgIpc) is 3.07. The molecule has 6 nitrogen and oxygen atoms in total. The topological polar surface area (TPSA) is 77.1 Å². The van der Waals surface area contributed by atoms with Crippen LogP contribution in [-0.2, 0) is 9.47 Å². The summed E-state index contributed by atoms with van der Waals surface area (Å²) in [7, 11) is 1.34. The van der Waals surface area contributed by atoms with Crippen LogP contribution in [0.25, 0.3) is 11.3 Å². The zero-order valence-electron chi connectivity index (χ0n) is 12.9. The summed E-state index contributed by atoms with van der Waals surface area (Å²) < 4.78 is 12.2. The Morgan fingerprint density at radius 3 is 2.83 bits per heavy atom. The van der Waals surface area contributed by atoms with Gasteiger partial charge in [-0.05, 0) is 36.6 Å². The van der Waals surface area contributed by atoms with Gasteiger partial charge in [0.1, 0.15) is 0 Å². The summed E-state index contributed by atoms with van der Waals surface area (Å²) in [5.41, 5.74) is 2.59. The Morgan fingerprint density at radius 2 is 2.22 bits per heavy atom. The maximum absolute atomic E-state index is 11.8. The van der Waals surface area contributed by atoms with E-state index in [4.69, 9.17) is 14.7 Å². The van der Waals surface area contributed by atoms with E-state index in [1.54, 1.807) is 18.2 Å². The molecule has 1 saturated heterocycles. The number of hydrogen-bond donors (Lipinski definition) is 0. The molecule has 0 radical (unpaired) electrons. The number of nitriles is 1. The van der Waals surface area contributed by atoms with E-state index < -0.39 is 5.97 Å². The van der Waals surface area contributed by atoms with Gasteiger partial charge < -0.3 is 9.47 Å². The summed E-state index contributed by atoms with van der Waals surface area (Å²) in [6.45, 7) is 1.33. The van der Waals surface area contributed by atoms with Gasteiger partial charge in [0.25, 0.3) is 0 Å². The quantitative estimate of drug-likeness (QED) is 0.814. The Balaban J connectivity index is 2.03. The number of aromatic nitrogens is 2. The molecule has 1 unspecified atom stereocenters. The van der Waals surface area contributed by atoms with Gasteiger partial charge in [0.2, 0.25) is 0 Å². The fraction of sp³-hybridized carbons (Fsp3) is 0.353. The lowest BCUT2D eigenvalue weighted by Gasteiger charge is -2.24. The second kappa shape index (κ2) is 6.63. The fourth-order valence-electron chi connectivity index (χ4n) is 2.72. The van der Waals surface area contributed by atoms with Crippen LogP contribution in [-0.4, -0.2) is 36.1 Å². The third-order valence-corrected chi connectivity index (χ3v) is 3.92. The average molecular weight is 311 g/mol. The summed E-state index contributed by atoms with van der Waals surface area (Å²) in [4.78, 5) is 11.8. The molecule has 1 aromatic carbocycles. The van der Waals surface area contributed by atoms with Crippen LogP contribution in [0.4, 0.5) is 0 Å². The first-order valence-corrected chi connectivity index (χ1v) is 7.49. The predicted octanol–water partition coefficient (Wildman–Crippen LogP) is 2.56. The van der Waals surface area contributed by atoms with E-state index in [-0.39, 0.29) is 11.7 Å². The molecular formula is C17H17N3O3. The molecule has 0 spiro atoms. The highest BCUT2D eigenvalue weighted by Gasteiger charge is 2.23. The van der Waals surface area contributed by atoms with Crippen molar-refractivity contribution in [3.63, 3.8) is 0 Å². The lowest BCUT2D eigenvalue weighted by atomic mass is 10.1. The molecule has 3 rings (SSSR count). The third kappa shape index (κ3) is 3.10. The van der Waals surface area contributed by atoms with Crippen molar-refractivity contribution in [3.8, 4) is 17.3 Å². The highest BCUT2D eigenvalue weighted by atomic mass is 16.5. The van der Waals surface area contributed by atoms with Crippen molar-refractivity contribution in [1.29, 1.82) is 5.26 Å². The fourth-order valence-corrected chi connectivity index (χ4v) is 2.72. The predicted molar refractivity (Wildman–Crippen MR) is 82.8 cm³/mol. The van der Waals surface area contributed by atoms with Crippen LogP contribution in [0.2, 0.25) is 0 Å². The standard InChI is InChI=1S/C17H17N3O3/c1-22-17(21)15-9-16(13-6-4-12(10-18)5-7-13)20(19-15)14-3-2-8-23-11-14/h4-7,9,14H,2-3,8,11H2,1H3. The van der Waals surface area contributed by atoms with Crippen LogP contribution in [0.3, 0.4) is 0 Å². The molecule has 1 aromatic heterocycles. The van der Waals surface area contributed by atoms with Crippen LogP contribution < -0.4 is 0 Å². The number of nitrogens with zero attached hydrogens (tertiary/aromatic N) is 3. The lowest BCUT2D eigenvalue weighted by Crippen LogP contribution is -2.23. The van der Waals surface area contributed by atoms with E-state index in [1.807, 2.05) is 16.8 Å². The van der Waals surface area contributed by atoms with Gasteiger partial charge in [-0.15, -0.1) is 0 Å². The van der Waals surface area contributed by atoms with Gasteiger partial charge in [0, 0.05) is 6.61 Å². The monoisotopic (exact) mass is 311 g/mol. The maximum Gasteiger partial charge on any atom is 0.358 e. The van der Waals surface area contributed by atoms with Crippen LogP contribution in [0, 0.1) is 11.3 Å². The maximum atomic E-state index is 11.8. The Labute approximate surface area is 134 Å². The molecule has 23 heavy (non-hydrogen) atoms. The van der Waals surface area contributed by atoms with Crippen LogP contribution >= 0.6 is 0 Å². The zero-order valence-corrected chi connectivity index (χ0v) is 12.9. The van der Waals surface area contributed by atoms with E-state index in [9.17, 15) is 4.79 Å². The number of ether oxygens (including phenoxy) is 2. The van der Waals surface area contributed by atoms with Crippen molar-refractivity contribution < 1.29 is 14.3 Å². The highest BCUT2D eigenvalue weighted by molar-refractivity contribution is 5.88. The molecule has 1 aliphatic heterocycles. The largest absolute Gasteiger partial charge is 0.464 e. The minimum Gasteiger partial charge on any atom is -0.464 e. The molecule has 0 bridgehead atoms. The van der Waals surface area contributed by atoms with E-state index in [1.165, 1.54) is 7.11 Å². The summed E-state index contributed by atoms with van der Waals surface area (Å²) >= 11 is 0. The minimum atomic E-state index is -0.463. The first-order valence-electron chi connectivity index (χ1n) is 7.49. The van der Waals surface area contributed by atoms with E-state index >= 15 is 0 Å². The van der Waals surface area contributed by atoms with Crippen LogP contribution in [0.5, 0.6) is 0 Å². The Bertz CT molecular complexity index is 737. The van der Waals surface area contributed by atoms with E-state index in [0.29, 0.717) is 12.2 Å². The Morgan fingerprint density at radius 1 is 1.43 bits per heavy atom. The summed E-state index contributed by atoms with van der Waals surface area (Å²) in [5, 5.41) is 13.3. The van der Waals surface area contributed by atoms with Gasteiger partial charge in [-0.1, -0.05) is 12.1 Å². The molecular weight excluding hydrogens is 294 g/mol. The molecule has 2 heterocycles. The van der Waals surface area contributed by atoms with Crippen LogP contribution in [0.1, 0.15) is 34.9 Å². The molecule has 0 N–H and O–H groups in total. The highest BCUT2D eigenvalue weighted by Crippen LogP contribution is 2.28. The molecule has 1 atom stereocenters. The second-order valence-corrected chi connectivity index (χ2v) is 5.41. The molecule has 0 amide bonds. The molecule has 1 fully saturated rings. The van der Waals surface area contributed by atoms with E-state index in [0.717, 1.165) is 30.7 Å². The molecule has 0 aliphatic carbocycles. The normalized spacial score (nSPS) is 17.5. The van der Waals surface area contributed by atoms with Crippen molar-refractivity contribution in [2.45, 2.75) is 18.9 Å². The second-order valence-electron chi connectivity index (χ2n) is 5.41. The summed E-state index contributed by atoms with van der Waals surface area (Å²) in [6.07, 6.45) is 1.91. The number of rotatable bonds is 3. The van der Waals surface area contributed by atoms with Crippen molar-refractivity contribution in [3.05, 3.63) is 41.6 Å². The summed E-state index contributed by atoms with van der Waals surface area (Å²) in [5.74, 6) is -0.463. The number of carbonyl (C=O) groups is 1. The molecule has 0 saturated carbocycles. The molecule has 2 aromatic rings. The number of esters is 1. The van der Waals surface area contributed by atoms with Crippen LogP contribution in [0.15, 0.2) is 30.3 Å². The SMILES string of the molecule is COC(=O)c1cc(-c2ccc(C#N)cc2)n(C2CCCOC2)n1. The van der Waals surface area contributed by atoms with Gasteiger partial charge in [-0.3, -0.25) is 4.68 Å². The molecule has 1 aliphatic rings. The van der Waals surface area contributed by atoms with Crippen molar-refractivity contribution in [2.24, 2.45) is 0 Å². The lowest BCUT2D eigenvalue weighted by molar-refractivity contribution is 0.0532. The van der Waals surface area contributed by atoms with Crippen molar-refractivity contribution >= 4 is 5.97 Å². The van der Waals surface area contributed by atoms with Gasteiger partial charge >= 0.3 is 5.97 Å². The number of hydrogen-bond acceptors (Lipinski definition) is 5.